The van der Waals surface area contributed by atoms with Crippen molar-refractivity contribution in [3.63, 3.8) is 0 Å². The average Bonchev–Trinajstić information content (AvgIpc) is 2.83. The van der Waals surface area contributed by atoms with Crippen LogP contribution in [0.25, 0.3) is 16.5 Å². The lowest BCUT2D eigenvalue weighted by molar-refractivity contribution is -0.142. The van der Waals surface area contributed by atoms with Gasteiger partial charge in [-0.15, -0.1) is 0 Å². The van der Waals surface area contributed by atoms with Crippen LogP contribution in [0.15, 0.2) is 24.3 Å². The van der Waals surface area contributed by atoms with Gasteiger partial charge in [-0.1, -0.05) is 17.7 Å². The number of ether oxygens (including phenoxy) is 1. The number of carbonyl (C=O) groups is 1. The molecule has 4 heteroatoms. The zero-order valence-corrected chi connectivity index (χ0v) is 12.3. The lowest BCUT2D eigenvalue weighted by atomic mass is 9.88. The topological polar surface area (TPSA) is 42.1 Å². The van der Waals surface area contributed by atoms with Crippen molar-refractivity contribution in [3.05, 3.63) is 40.6 Å². The maximum absolute atomic E-state index is 11.8. The highest BCUT2D eigenvalue weighted by atomic mass is 35.5. The molecule has 0 amide bonds. The van der Waals surface area contributed by atoms with Gasteiger partial charge in [0.1, 0.15) is 0 Å². The van der Waals surface area contributed by atoms with E-state index in [2.05, 4.69) is 11.1 Å². The molecule has 1 aromatic carbocycles. The number of aryl methyl sites for hydroxylation is 1. The molecule has 2 aromatic rings. The van der Waals surface area contributed by atoms with Gasteiger partial charge in [0.25, 0.3) is 0 Å². The van der Waals surface area contributed by atoms with Crippen LogP contribution in [0.5, 0.6) is 0 Å². The van der Waals surface area contributed by atoms with E-state index >= 15 is 0 Å². The van der Waals surface area contributed by atoms with Crippen molar-refractivity contribution in [2.24, 2.45) is 5.92 Å². The Morgan fingerprint density at radius 1 is 1.45 bits per heavy atom. The highest BCUT2D eigenvalue weighted by Crippen LogP contribution is 2.37. The Morgan fingerprint density at radius 2 is 2.25 bits per heavy atom. The molecular formula is C16H16ClNO2. The first-order valence-electron chi connectivity index (χ1n) is 6.70. The van der Waals surface area contributed by atoms with Gasteiger partial charge < -0.3 is 9.72 Å². The average molecular weight is 290 g/mol. The van der Waals surface area contributed by atoms with E-state index in [4.69, 9.17) is 16.3 Å². The van der Waals surface area contributed by atoms with Crippen LogP contribution in [0.2, 0.25) is 5.02 Å². The summed E-state index contributed by atoms with van der Waals surface area (Å²) in [7, 11) is 1.42. The Labute approximate surface area is 122 Å². The molecule has 1 aliphatic carbocycles. The van der Waals surface area contributed by atoms with Gasteiger partial charge in [0.2, 0.25) is 0 Å². The molecule has 1 aromatic heterocycles. The van der Waals surface area contributed by atoms with E-state index in [0.717, 1.165) is 40.0 Å². The maximum atomic E-state index is 11.8. The number of halogens is 1. The highest BCUT2D eigenvalue weighted by molar-refractivity contribution is 6.31. The molecule has 3 nitrogen and oxygen atoms in total. The number of H-pyrrole nitrogens is 1. The molecule has 0 bridgehead atoms. The lowest BCUT2D eigenvalue weighted by Crippen LogP contribution is -2.16. The SMILES string of the molecule is COC(=O)C(C)C1=CCCc2c1[nH]c1ccc(Cl)cc21. The third-order valence-corrected chi connectivity index (χ3v) is 4.17. The molecule has 104 valence electrons. The molecule has 0 fully saturated rings. The minimum atomic E-state index is -0.261. The second-order valence-electron chi connectivity index (χ2n) is 5.11. The van der Waals surface area contributed by atoms with Gasteiger partial charge in [0.05, 0.1) is 13.0 Å². The largest absolute Gasteiger partial charge is 0.469 e. The van der Waals surface area contributed by atoms with Gasteiger partial charge in [-0.2, -0.15) is 0 Å². The summed E-state index contributed by atoms with van der Waals surface area (Å²) < 4.78 is 4.86. The number of hydrogen-bond acceptors (Lipinski definition) is 2. The fourth-order valence-electron chi connectivity index (χ4n) is 2.90. The number of aromatic amines is 1. The predicted molar refractivity (Wildman–Crippen MR) is 80.8 cm³/mol. The third-order valence-electron chi connectivity index (χ3n) is 3.94. The summed E-state index contributed by atoms with van der Waals surface area (Å²) >= 11 is 6.09. The number of esters is 1. The molecule has 1 unspecified atom stereocenters. The number of carbonyl (C=O) groups excluding carboxylic acids is 1. The van der Waals surface area contributed by atoms with Crippen LogP contribution in [0.1, 0.15) is 24.6 Å². The molecule has 0 saturated carbocycles. The summed E-state index contributed by atoms with van der Waals surface area (Å²) in [5.74, 6) is -0.469. The Kier molecular flexibility index (Phi) is 3.30. The number of nitrogens with one attached hydrogen (secondary N) is 1. The molecule has 1 heterocycles. The van der Waals surface area contributed by atoms with Crippen molar-refractivity contribution >= 4 is 34.0 Å². The van der Waals surface area contributed by atoms with Crippen LogP contribution in [0.4, 0.5) is 0 Å². The molecular weight excluding hydrogens is 274 g/mol. The van der Waals surface area contributed by atoms with Crippen LogP contribution in [-0.4, -0.2) is 18.1 Å². The summed E-state index contributed by atoms with van der Waals surface area (Å²) in [6, 6.07) is 5.84. The van der Waals surface area contributed by atoms with Crippen LogP contribution < -0.4 is 0 Å². The zero-order valence-electron chi connectivity index (χ0n) is 11.5. The lowest BCUT2D eigenvalue weighted by Gasteiger charge is -2.18. The summed E-state index contributed by atoms with van der Waals surface area (Å²) in [5.41, 5.74) is 4.37. The van der Waals surface area contributed by atoms with E-state index in [1.807, 2.05) is 25.1 Å². The number of allylic oxidation sites excluding steroid dienone is 1. The maximum Gasteiger partial charge on any atom is 0.312 e. The molecule has 20 heavy (non-hydrogen) atoms. The molecule has 1 atom stereocenters. The molecule has 0 radical (unpaired) electrons. The van der Waals surface area contributed by atoms with Gasteiger partial charge in [-0.05, 0) is 49.1 Å². The summed E-state index contributed by atoms with van der Waals surface area (Å²) in [6.07, 6.45) is 4.02. The zero-order chi connectivity index (χ0) is 14.3. The Hall–Kier alpha value is -1.74. The van der Waals surface area contributed by atoms with Crippen molar-refractivity contribution in [1.29, 1.82) is 0 Å². The van der Waals surface area contributed by atoms with E-state index in [0.29, 0.717) is 0 Å². The van der Waals surface area contributed by atoms with Crippen LogP contribution in [0.3, 0.4) is 0 Å². The monoisotopic (exact) mass is 289 g/mol. The fourth-order valence-corrected chi connectivity index (χ4v) is 3.07. The number of aromatic nitrogens is 1. The first kappa shape index (κ1) is 13.3. The van der Waals surface area contributed by atoms with Gasteiger partial charge in [0, 0.05) is 21.6 Å². The molecule has 0 spiro atoms. The Morgan fingerprint density at radius 3 is 3.00 bits per heavy atom. The highest BCUT2D eigenvalue weighted by Gasteiger charge is 2.26. The van der Waals surface area contributed by atoms with Crippen LogP contribution >= 0.6 is 11.6 Å². The van der Waals surface area contributed by atoms with E-state index < -0.39 is 0 Å². The van der Waals surface area contributed by atoms with Crippen molar-refractivity contribution in [3.8, 4) is 0 Å². The molecule has 1 N–H and O–H groups in total. The number of fused-ring (bicyclic) bond motifs is 3. The van der Waals surface area contributed by atoms with Gasteiger partial charge in [-0.3, -0.25) is 4.79 Å². The number of methoxy groups -OCH3 is 1. The second kappa shape index (κ2) is 4.98. The smallest absolute Gasteiger partial charge is 0.312 e. The first-order chi connectivity index (χ1) is 9.61. The molecule has 0 saturated heterocycles. The molecule has 0 aliphatic heterocycles. The Bertz CT molecular complexity index is 715. The summed E-state index contributed by atoms with van der Waals surface area (Å²) in [6.45, 7) is 1.88. The van der Waals surface area contributed by atoms with E-state index in [1.165, 1.54) is 12.7 Å². The number of rotatable bonds is 2. The summed E-state index contributed by atoms with van der Waals surface area (Å²) in [4.78, 5) is 15.2. The Balaban J connectivity index is 2.13. The van der Waals surface area contributed by atoms with Crippen molar-refractivity contribution in [2.75, 3.05) is 7.11 Å². The second-order valence-corrected chi connectivity index (χ2v) is 5.55. The predicted octanol–water partition coefficient (Wildman–Crippen LogP) is 3.96. The van der Waals surface area contributed by atoms with Crippen molar-refractivity contribution in [1.82, 2.24) is 4.98 Å². The number of benzene rings is 1. The van der Waals surface area contributed by atoms with Crippen LogP contribution in [-0.2, 0) is 16.0 Å². The number of hydrogen-bond donors (Lipinski definition) is 1. The first-order valence-corrected chi connectivity index (χ1v) is 7.08. The van der Waals surface area contributed by atoms with Gasteiger partial charge in [-0.25, -0.2) is 0 Å². The standard InChI is InChI=1S/C16H16ClNO2/c1-9(16(19)20-2)11-4-3-5-12-13-8-10(17)6-7-14(13)18-15(11)12/h4,6-9,18H,3,5H2,1-2H3. The quantitative estimate of drug-likeness (QED) is 0.850. The van der Waals surface area contributed by atoms with Gasteiger partial charge >= 0.3 is 5.97 Å². The van der Waals surface area contributed by atoms with E-state index in [9.17, 15) is 4.79 Å². The molecule has 3 rings (SSSR count). The van der Waals surface area contributed by atoms with Crippen molar-refractivity contribution < 1.29 is 9.53 Å². The van der Waals surface area contributed by atoms with Crippen molar-refractivity contribution in [2.45, 2.75) is 19.8 Å². The van der Waals surface area contributed by atoms with Gasteiger partial charge in [0.15, 0.2) is 0 Å². The normalized spacial score (nSPS) is 15.7. The van der Waals surface area contributed by atoms with E-state index in [1.54, 1.807) is 0 Å². The van der Waals surface area contributed by atoms with Crippen LogP contribution in [0, 0.1) is 5.92 Å². The minimum Gasteiger partial charge on any atom is -0.469 e. The minimum absolute atomic E-state index is 0.208. The molecule has 1 aliphatic rings. The summed E-state index contributed by atoms with van der Waals surface area (Å²) in [5, 5.41) is 1.88. The fraction of sp³-hybridized carbons (Fsp3) is 0.312. The third kappa shape index (κ3) is 2.02. The van der Waals surface area contributed by atoms with E-state index in [-0.39, 0.29) is 11.9 Å².